The number of nitrogens with one attached hydrogen (secondary N) is 1. The van der Waals surface area contributed by atoms with Gasteiger partial charge in [0.1, 0.15) is 23.6 Å². The summed E-state index contributed by atoms with van der Waals surface area (Å²) >= 11 is 0. The van der Waals surface area contributed by atoms with Crippen molar-refractivity contribution in [3.63, 3.8) is 0 Å². The average Bonchev–Trinajstić information content (AvgIpc) is 3.57. The van der Waals surface area contributed by atoms with Gasteiger partial charge in [-0.15, -0.1) is 5.10 Å². The Kier molecular flexibility index (Phi) is 6.61. The molecular weight excluding hydrogens is 414 g/mol. The van der Waals surface area contributed by atoms with Crippen molar-refractivity contribution in [1.82, 2.24) is 25.2 Å². The van der Waals surface area contributed by atoms with Crippen LogP contribution in [0.2, 0.25) is 0 Å². The zero-order valence-electron chi connectivity index (χ0n) is 17.5. The molecule has 0 bridgehead atoms. The number of fused-ring (bicyclic) bond motifs is 1. The van der Waals surface area contributed by atoms with Crippen LogP contribution in [0.3, 0.4) is 0 Å². The molecule has 166 valence electrons. The van der Waals surface area contributed by atoms with E-state index in [1.807, 2.05) is 24.3 Å². The number of furan rings is 2. The molecule has 3 aromatic heterocycles. The van der Waals surface area contributed by atoms with Gasteiger partial charge >= 0.3 is 0 Å². The minimum atomic E-state index is -1.01. The fraction of sp³-hybridized carbons (Fsp3) is 0.273. The first-order valence-corrected chi connectivity index (χ1v) is 10.1. The molecule has 1 N–H and O–H groups in total. The smallest absolute Gasteiger partial charge is 0.250 e. The van der Waals surface area contributed by atoms with Crippen molar-refractivity contribution in [2.45, 2.75) is 19.1 Å². The summed E-state index contributed by atoms with van der Waals surface area (Å²) in [4.78, 5) is 28.0. The Bertz CT molecular complexity index is 1150. The van der Waals surface area contributed by atoms with Gasteiger partial charge < -0.3 is 23.8 Å². The van der Waals surface area contributed by atoms with E-state index in [0.717, 1.165) is 5.52 Å². The van der Waals surface area contributed by atoms with Crippen molar-refractivity contribution in [1.29, 1.82) is 0 Å². The number of methoxy groups -OCH3 is 1. The second kappa shape index (κ2) is 9.92. The first-order valence-electron chi connectivity index (χ1n) is 10.1. The van der Waals surface area contributed by atoms with E-state index in [1.54, 1.807) is 31.4 Å². The van der Waals surface area contributed by atoms with Gasteiger partial charge in [0.05, 0.1) is 31.2 Å². The molecular formula is C22H23N5O5. The predicted octanol–water partition coefficient (Wildman–Crippen LogP) is 2.15. The number of para-hydroxylation sites is 1. The van der Waals surface area contributed by atoms with Crippen molar-refractivity contribution in [3.05, 3.63) is 72.6 Å². The van der Waals surface area contributed by atoms with E-state index in [1.165, 1.54) is 22.1 Å². The van der Waals surface area contributed by atoms with Gasteiger partial charge in [0.15, 0.2) is 6.04 Å². The molecule has 10 nitrogen and oxygen atoms in total. The summed E-state index contributed by atoms with van der Waals surface area (Å²) in [7, 11) is 1.55. The second-order valence-corrected chi connectivity index (χ2v) is 7.04. The molecule has 0 saturated carbocycles. The lowest BCUT2D eigenvalue weighted by atomic mass is 10.1. The molecule has 1 aromatic carbocycles. The van der Waals surface area contributed by atoms with Gasteiger partial charge in [0, 0.05) is 13.7 Å². The maximum Gasteiger partial charge on any atom is 0.250 e. The third-order valence-corrected chi connectivity index (χ3v) is 4.91. The lowest BCUT2D eigenvalue weighted by molar-refractivity contribution is -0.143. The van der Waals surface area contributed by atoms with Crippen molar-refractivity contribution >= 4 is 22.8 Å². The van der Waals surface area contributed by atoms with Crippen molar-refractivity contribution in [3.8, 4) is 0 Å². The Morgan fingerprint density at radius 3 is 2.69 bits per heavy atom. The third kappa shape index (κ3) is 4.70. The molecule has 3 heterocycles. The Balaban J connectivity index is 1.65. The highest BCUT2D eigenvalue weighted by atomic mass is 16.5. The fourth-order valence-corrected chi connectivity index (χ4v) is 3.39. The lowest BCUT2D eigenvalue weighted by Crippen LogP contribution is -2.45. The summed E-state index contributed by atoms with van der Waals surface area (Å²) in [5.41, 5.74) is 1.40. The van der Waals surface area contributed by atoms with Crippen LogP contribution in [-0.4, -0.2) is 52.0 Å². The summed E-state index contributed by atoms with van der Waals surface area (Å²) in [5, 5.41) is 11.0. The number of hydrogen-bond donors (Lipinski definition) is 1. The molecule has 0 aliphatic heterocycles. The van der Waals surface area contributed by atoms with Crippen molar-refractivity contribution in [2.75, 3.05) is 20.3 Å². The van der Waals surface area contributed by atoms with Crippen molar-refractivity contribution < 1.29 is 23.2 Å². The van der Waals surface area contributed by atoms with Gasteiger partial charge in [0.25, 0.3) is 5.91 Å². The molecule has 0 saturated heterocycles. The minimum Gasteiger partial charge on any atom is -0.467 e. The van der Waals surface area contributed by atoms with Gasteiger partial charge in [-0.3, -0.25) is 9.59 Å². The highest BCUT2D eigenvalue weighted by molar-refractivity contribution is 5.88. The van der Waals surface area contributed by atoms with Crippen LogP contribution in [0.1, 0.15) is 17.6 Å². The number of carbonyl (C=O) groups excluding carboxylic acids is 2. The quantitative estimate of drug-likeness (QED) is 0.378. The third-order valence-electron chi connectivity index (χ3n) is 4.91. The number of aromatic nitrogens is 3. The Morgan fingerprint density at radius 1 is 1.12 bits per heavy atom. The monoisotopic (exact) mass is 437 g/mol. The van der Waals surface area contributed by atoms with Crippen LogP contribution in [0.4, 0.5) is 0 Å². The van der Waals surface area contributed by atoms with Gasteiger partial charge in [-0.05, 0) is 36.4 Å². The van der Waals surface area contributed by atoms with Crippen LogP contribution in [0.15, 0.2) is 69.9 Å². The highest BCUT2D eigenvalue weighted by Crippen LogP contribution is 2.25. The van der Waals surface area contributed by atoms with E-state index < -0.39 is 6.04 Å². The Labute approximate surface area is 183 Å². The molecule has 0 fully saturated rings. The lowest BCUT2D eigenvalue weighted by Gasteiger charge is -2.29. The van der Waals surface area contributed by atoms with E-state index in [-0.39, 0.29) is 24.9 Å². The number of nitrogens with zero attached hydrogens (tertiary/aromatic N) is 4. The maximum absolute atomic E-state index is 13.5. The average molecular weight is 437 g/mol. The molecule has 4 rings (SSSR count). The topological polar surface area (TPSA) is 116 Å². The summed E-state index contributed by atoms with van der Waals surface area (Å²) < 4.78 is 17.5. The molecule has 2 amide bonds. The standard InChI is InChI=1S/C22H23N5O5/c1-30-13-10-23-22(29)21(19-9-5-12-32-19)26(14-16-6-4-11-31-16)20(28)15-27-18-8-3-2-7-17(18)24-25-27/h2-9,11-12,21H,10,13-15H2,1H3,(H,23,29). The van der Waals surface area contributed by atoms with Crippen molar-refractivity contribution in [2.24, 2.45) is 0 Å². The second-order valence-electron chi connectivity index (χ2n) is 7.04. The van der Waals surface area contributed by atoms with Gasteiger partial charge in [-0.1, -0.05) is 17.3 Å². The Morgan fingerprint density at radius 2 is 1.94 bits per heavy atom. The molecule has 1 atom stereocenters. The number of benzene rings is 1. The molecule has 0 aliphatic rings. The number of rotatable bonds is 10. The van der Waals surface area contributed by atoms with E-state index in [4.69, 9.17) is 13.6 Å². The van der Waals surface area contributed by atoms with E-state index >= 15 is 0 Å². The van der Waals surface area contributed by atoms with Gasteiger partial charge in [-0.2, -0.15) is 0 Å². The zero-order chi connectivity index (χ0) is 22.3. The van der Waals surface area contributed by atoms with Crippen LogP contribution >= 0.6 is 0 Å². The number of amides is 2. The SMILES string of the molecule is COCCNC(=O)C(c1ccco1)N(Cc1ccco1)C(=O)Cn1nnc2ccccc21. The normalized spacial score (nSPS) is 12.0. The summed E-state index contributed by atoms with van der Waals surface area (Å²) in [5.74, 6) is 0.131. The molecule has 32 heavy (non-hydrogen) atoms. The molecule has 0 radical (unpaired) electrons. The molecule has 0 aliphatic carbocycles. The van der Waals surface area contributed by atoms with E-state index in [9.17, 15) is 9.59 Å². The van der Waals surface area contributed by atoms with Crippen LogP contribution in [0, 0.1) is 0 Å². The summed E-state index contributed by atoms with van der Waals surface area (Å²) in [6, 6.07) is 13.1. The number of ether oxygens (including phenoxy) is 1. The number of hydrogen-bond acceptors (Lipinski definition) is 7. The highest BCUT2D eigenvalue weighted by Gasteiger charge is 2.34. The van der Waals surface area contributed by atoms with E-state index in [2.05, 4.69) is 15.6 Å². The Hall–Kier alpha value is -3.92. The largest absolute Gasteiger partial charge is 0.467 e. The number of carbonyl (C=O) groups is 2. The van der Waals surface area contributed by atoms with Crippen LogP contribution < -0.4 is 5.32 Å². The molecule has 10 heteroatoms. The summed E-state index contributed by atoms with van der Waals surface area (Å²) in [6.07, 6.45) is 2.98. The van der Waals surface area contributed by atoms with Crippen LogP contribution in [0.5, 0.6) is 0 Å². The van der Waals surface area contributed by atoms with Gasteiger partial charge in [-0.25, -0.2) is 4.68 Å². The zero-order valence-corrected chi connectivity index (χ0v) is 17.5. The minimum absolute atomic E-state index is 0.0710. The molecule has 0 spiro atoms. The first-order chi connectivity index (χ1) is 15.7. The summed E-state index contributed by atoms with van der Waals surface area (Å²) in [6.45, 7) is 0.599. The van der Waals surface area contributed by atoms with E-state index in [0.29, 0.717) is 30.2 Å². The maximum atomic E-state index is 13.5. The molecule has 4 aromatic rings. The fourth-order valence-electron chi connectivity index (χ4n) is 3.39. The van der Waals surface area contributed by atoms with Crippen LogP contribution in [-0.2, 0) is 27.4 Å². The van der Waals surface area contributed by atoms with Crippen LogP contribution in [0.25, 0.3) is 11.0 Å². The molecule has 1 unspecified atom stereocenters. The predicted molar refractivity (Wildman–Crippen MR) is 113 cm³/mol. The first kappa shape index (κ1) is 21.3. The van der Waals surface area contributed by atoms with Gasteiger partial charge in [0.2, 0.25) is 5.91 Å².